The number of carbonyl (C=O) groups is 1. The third-order valence-electron chi connectivity index (χ3n) is 1.62. The Morgan fingerprint density at radius 2 is 1.84 bits per heavy atom. The second-order valence-corrected chi connectivity index (χ2v) is 2.94. The monoisotopic (exact) mass is 282 g/mol. The van der Waals surface area contributed by atoms with Crippen LogP contribution in [0.5, 0.6) is 0 Å². The number of rotatable bonds is 3. The van der Waals surface area contributed by atoms with Crippen LogP contribution in [0.1, 0.15) is 5.56 Å². The Labute approximate surface area is 118 Å². The van der Waals surface area contributed by atoms with Crippen molar-refractivity contribution in [2.75, 3.05) is 13.1 Å². The van der Waals surface area contributed by atoms with Crippen molar-refractivity contribution >= 4 is 18.5 Å². The molecule has 0 saturated heterocycles. The molecule has 0 spiro atoms. The van der Waals surface area contributed by atoms with E-state index in [9.17, 15) is 4.79 Å². The van der Waals surface area contributed by atoms with Crippen molar-refractivity contribution in [3.63, 3.8) is 0 Å². The number of nitrogens with one attached hydrogen (secondary N) is 1. The van der Waals surface area contributed by atoms with Crippen molar-refractivity contribution in [1.29, 1.82) is 10.5 Å². The van der Waals surface area contributed by atoms with Gasteiger partial charge in [0, 0.05) is 0 Å². The van der Waals surface area contributed by atoms with Gasteiger partial charge in [-0.3, -0.25) is 0 Å². The molecule has 7 heteroatoms. The van der Waals surface area contributed by atoms with Crippen LogP contribution in [0.4, 0.5) is 4.79 Å². The molecule has 0 heterocycles. The van der Waals surface area contributed by atoms with Crippen molar-refractivity contribution in [3.8, 4) is 12.1 Å². The first kappa shape index (κ1) is 19.1. The van der Waals surface area contributed by atoms with Crippen LogP contribution in [0.15, 0.2) is 30.3 Å². The average molecular weight is 283 g/mol. The van der Waals surface area contributed by atoms with Crippen molar-refractivity contribution in [1.82, 2.24) is 5.32 Å². The van der Waals surface area contributed by atoms with Crippen LogP contribution in [0.3, 0.4) is 0 Å². The molecule has 0 aliphatic rings. The van der Waals surface area contributed by atoms with Gasteiger partial charge in [-0.05, 0) is 5.56 Å². The molecule has 1 aromatic carbocycles. The zero-order chi connectivity index (χ0) is 13.6. The molecule has 0 aliphatic carbocycles. The number of hydrogen-bond acceptors (Lipinski definition) is 5. The Morgan fingerprint density at radius 3 is 2.32 bits per heavy atom. The van der Waals surface area contributed by atoms with Gasteiger partial charge in [0.2, 0.25) is 0 Å². The van der Waals surface area contributed by atoms with Crippen LogP contribution in [0.2, 0.25) is 0 Å². The fraction of sp³-hybridized carbons (Fsp3) is 0.250. The molecule has 0 fully saturated rings. The summed E-state index contributed by atoms with van der Waals surface area (Å²) in [5, 5.41) is 18.0. The SMILES string of the molecule is Cl.N#CCN.N#CCNC(=O)OCc1ccccc1. The molecular formula is C12H15ClN4O2. The molecule has 0 aromatic heterocycles. The maximum atomic E-state index is 10.9. The lowest BCUT2D eigenvalue weighted by Gasteiger charge is -2.03. The zero-order valence-corrected chi connectivity index (χ0v) is 11.0. The van der Waals surface area contributed by atoms with E-state index in [1.54, 1.807) is 12.1 Å². The first-order valence-corrected chi connectivity index (χ1v) is 5.13. The topological polar surface area (TPSA) is 112 Å². The van der Waals surface area contributed by atoms with Crippen molar-refractivity contribution in [2.45, 2.75) is 6.61 Å². The quantitative estimate of drug-likeness (QED) is 0.812. The standard InChI is InChI=1S/C10H10N2O2.C2H4N2.ClH/c11-6-7-12-10(13)14-8-9-4-2-1-3-5-9;3-1-2-4;/h1-5H,7-8H2,(H,12,13);1,3H2;1H. The fourth-order valence-corrected chi connectivity index (χ4v) is 0.886. The van der Waals surface area contributed by atoms with Crippen molar-refractivity contribution in [2.24, 2.45) is 5.73 Å². The molecule has 3 N–H and O–H groups in total. The minimum absolute atomic E-state index is 0. The lowest BCUT2D eigenvalue weighted by molar-refractivity contribution is 0.141. The van der Waals surface area contributed by atoms with Crippen molar-refractivity contribution < 1.29 is 9.53 Å². The Balaban J connectivity index is 0. The Kier molecular flexibility index (Phi) is 13.8. The minimum Gasteiger partial charge on any atom is -0.445 e. The maximum absolute atomic E-state index is 10.9. The van der Waals surface area contributed by atoms with E-state index in [0.29, 0.717) is 0 Å². The van der Waals surface area contributed by atoms with Crippen LogP contribution in [-0.2, 0) is 11.3 Å². The largest absolute Gasteiger partial charge is 0.445 e. The zero-order valence-electron chi connectivity index (χ0n) is 10.2. The third-order valence-corrected chi connectivity index (χ3v) is 1.62. The molecule has 1 amide bonds. The highest BCUT2D eigenvalue weighted by Gasteiger charge is 1.99. The number of nitrogens with two attached hydrogens (primary N) is 1. The van der Waals surface area contributed by atoms with E-state index in [0.717, 1.165) is 5.56 Å². The lowest BCUT2D eigenvalue weighted by atomic mass is 10.2. The molecular weight excluding hydrogens is 268 g/mol. The van der Waals surface area contributed by atoms with E-state index >= 15 is 0 Å². The second-order valence-electron chi connectivity index (χ2n) is 2.94. The number of amides is 1. The summed E-state index contributed by atoms with van der Waals surface area (Å²) in [5.41, 5.74) is 5.58. The molecule has 6 nitrogen and oxygen atoms in total. The maximum Gasteiger partial charge on any atom is 0.408 e. The van der Waals surface area contributed by atoms with Gasteiger partial charge in [-0.2, -0.15) is 10.5 Å². The molecule has 102 valence electrons. The fourth-order valence-electron chi connectivity index (χ4n) is 0.886. The highest BCUT2D eigenvalue weighted by molar-refractivity contribution is 5.85. The molecule has 0 aliphatic heterocycles. The summed E-state index contributed by atoms with van der Waals surface area (Å²) in [7, 11) is 0. The number of halogens is 1. The van der Waals surface area contributed by atoms with E-state index in [-0.39, 0.29) is 32.1 Å². The number of benzene rings is 1. The van der Waals surface area contributed by atoms with Gasteiger partial charge < -0.3 is 15.8 Å². The number of alkyl carbamates (subject to hydrolysis) is 1. The number of carbonyl (C=O) groups excluding carboxylic acids is 1. The van der Waals surface area contributed by atoms with Crippen LogP contribution in [0.25, 0.3) is 0 Å². The van der Waals surface area contributed by atoms with E-state index in [1.165, 1.54) is 0 Å². The van der Waals surface area contributed by atoms with E-state index in [1.807, 2.05) is 30.3 Å². The van der Waals surface area contributed by atoms with E-state index < -0.39 is 6.09 Å². The molecule has 0 saturated carbocycles. The highest BCUT2D eigenvalue weighted by atomic mass is 35.5. The van der Waals surface area contributed by atoms with Gasteiger partial charge in [-0.15, -0.1) is 12.4 Å². The second kappa shape index (κ2) is 13.8. The number of ether oxygens (including phenoxy) is 1. The van der Waals surface area contributed by atoms with Crippen molar-refractivity contribution in [3.05, 3.63) is 35.9 Å². The highest BCUT2D eigenvalue weighted by Crippen LogP contribution is 1.99. The summed E-state index contributed by atoms with van der Waals surface area (Å²) in [5.74, 6) is 0. The molecule has 0 radical (unpaired) electrons. The Bertz CT molecular complexity index is 426. The predicted molar refractivity (Wildman–Crippen MR) is 72.2 cm³/mol. The predicted octanol–water partition coefficient (Wildman–Crippen LogP) is 1.33. The lowest BCUT2D eigenvalue weighted by Crippen LogP contribution is -2.24. The van der Waals surface area contributed by atoms with Gasteiger partial charge in [-0.25, -0.2) is 4.79 Å². The van der Waals surface area contributed by atoms with Gasteiger partial charge in [-0.1, -0.05) is 30.3 Å². The molecule has 1 rings (SSSR count). The van der Waals surface area contributed by atoms with Crippen LogP contribution in [0, 0.1) is 22.7 Å². The molecule has 0 atom stereocenters. The summed E-state index contributed by atoms with van der Waals surface area (Å²) in [6, 6.07) is 12.8. The molecule has 19 heavy (non-hydrogen) atoms. The normalized spacial score (nSPS) is 7.53. The van der Waals surface area contributed by atoms with Crippen LogP contribution in [-0.4, -0.2) is 19.2 Å². The summed E-state index contributed by atoms with van der Waals surface area (Å²) in [4.78, 5) is 10.9. The number of hydrogen-bond donors (Lipinski definition) is 2. The molecule has 0 unspecified atom stereocenters. The molecule has 1 aromatic rings. The Hall–Kier alpha value is -2.28. The van der Waals surface area contributed by atoms with Gasteiger partial charge >= 0.3 is 6.09 Å². The van der Waals surface area contributed by atoms with E-state index in [2.05, 4.69) is 11.1 Å². The number of nitriles is 2. The van der Waals surface area contributed by atoms with Gasteiger partial charge in [0.05, 0.1) is 18.7 Å². The summed E-state index contributed by atoms with van der Waals surface area (Å²) >= 11 is 0. The minimum atomic E-state index is -0.574. The van der Waals surface area contributed by atoms with Gasteiger partial charge in [0.25, 0.3) is 0 Å². The van der Waals surface area contributed by atoms with E-state index in [4.69, 9.17) is 15.3 Å². The first-order chi connectivity index (χ1) is 8.74. The van der Waals surface area contributed by atoms with Gasteiger partial charge in [0.15, 0.2) is 0 Å². The van der Waals surface area contributed by atoms with Crippen LogP contribution < -0.4 is 11.1 Å². The summed E-state index contributed by atoms with van der Waals surface area (Å²) < 4.78 is 4.83. The van der Waals surface area contributed by atoms with Gasteiger partial charge in [0.1, 0.15) is 13.2 Å². The number of nitrogens with zero attached hydrogens (tertiary/aromatic N) is 2. The molecule has 0 bridgehead atoms. The summed E-state index contributed by atoms with van der Waals surface area (Å²) in [6.07, 6.45) is -0.574. The third kappa shape index (κ3) is 12.0. The smallest absolute Gasteiger partial charge is 0.408 e. The Morgan fingerprint density at radius 1 is 1.26 bits per heavy atom. The van der Waals surface area contributed by atoms with Crippen LogP contribution >= 0.6 is 12.4 Å². The summed E-state index contributed by atoms with van der Waals surface area (Å²) in [6.45, 7) is 0.311. The average Bonchev–Trinajstić information content (AvgIpc) is 2.44. The first-order valence-electron chi connectivity index (χ1n) is 5.13.